The smallest absolute Gasteiger partial charge is 0.410 e. The van der Waals surface area contributed by atoms with Gasteiger partial charge in [-0.25, -0.2) is 9.78 Å². The van der Waals surface area contributed by atoms with Crippen molar-refractivity contribution < 1.29 is 19.1 Å². The number of carbonyl (C=O) groups is 2. The lowest BCUT2D eigenvalue weighted by Gasteiger charge is -2.30. The summed E-state index contributed by atoms with van der Waals surface area (Å²) in [5.41, 5.74) is 1.96. The number of carbonyl (C=O) groups excluding carboxylic acids is 2. The molecule has 4 heterocycles. The van der Waals surface area contributed by atoms with Gasteiger partial charge < -0.3 is 24.6 Å². The van der Waals surface area contributed by atoms with Crippen molar-refractivity contribution in [2.24, 2.45) is 0 Å². The maximum atomic E-state index is 12.7. The lowest BCUT2D eigenvalue weighted by atomic mass is 10.0. The van der Waals surface area contributed by atoms with Crippen LogP contribution in [0, 0.1) is 0 Å². The Kier molecular flexibility index (Phi) is 8.89. The van der Waals surface area contributed by atoms with Crippen molar-refractivity contribution in [2.45, 2.75) is 58.2 Å². The summed E-state index contributed by atoms with van der Waals surface area (Å²) in [5, 5.41) is 3.24. The van der Waals surface area contributed by atoms with Crippen molar-refractivity contribution in [3.63, 3.8) is 0 Å². The minimum absolute atomic E-state index is 0.0923. The molecule has 0 radical (unpaired) electrons. The van der Waals surface area contributed by atoms with Crippen molar-refractivity contribution in [3.05, 3.63) is 52.9 Å². The summed E-state index contributed by atoms with van der Waals surface area (Å²) in [6, 6.07) is 5.42. The van der Waals surface area contributed by atoms with E-state index < -0.39 is 5.60 Å². The number of likely N-dealkylation sites (tertiary alicyclic amines) is 1. The number of amides is 2. The van der Waals surface area contributed by atoms with Crippen LogP contribution in [0.5, 0.6) is 5.75 Å². The highest BCUT2D eigenvalue weighted by Gasteiger charge is 2.25. The van der Waals surface area contributed by atoms with Gasteiger partial charge in [0.1, 0.15) is 28.3 Å². The summed E-state index contributed by atoms with van der Waals surface area (Å²) in [4.78, 5) is 37.9. The molecule has 0 bridgehead atoms. The zero-order chi connectivity index (χ0) is 27.3. The number of pyridine rings is 2. The second-order valence-electron chi connectivity index (χ2n) is 10.8. The fourth-order valence-electron chi connectivity index (χ4n) is 4.36. The molecular weight excluding hydrogens is 506 g/mol. The first-order chi connectivity index (χ1) is 18.1. The molecule has 204 valence electrons. The van der Waals surface area contributed by atoms with E-state index in [9.17, 15) is 9.59 Å². The molecule has 0 unspecified atom stereocenters. The van der Waals surface area contributed by atoms with Gasteiger partial charge >= 0.3 is 6.09 Å². The molecule has 0 aromatic carbocycles. The largest absolute Gasteiger partial charge is 0.489 e. The van der Waals surface area contributed by atoms with Gasteiger partial charge in [0, 0.05) is 31.9 Å². The molecule has 0 spiro atoms. The van der Waals surface area contributed by atoms with Crippen LogP contribution in [0.1, 0.15) is 51.3 Å². The van der Waals surface area contributed by atoms with Crippen LogP contribution in [0.3, 0.4) is 0 Å². The highest BCUT2D eigenvalue weighted by atomic mass is 35.5. The van der Waals surface area contributed by atoms with Gasteiger partial charge in [-0.05, 0) is 64.3 Å². The van der Waals surface area contributed by atoms with Gasteiger partial charge in [-0.3, -0.25) is 9.78 Å². The van der Waals surface area contributed by atoms with Crippen molar-refractivity contribution >= 4 is 35.0 Å². The number of aromatic nitrogens is 2. The SMILES string of the molecule is CN1CCC(Oc2cc(NC(=O)Cc3ccc(C4=CCCN(C(=O)OC(C)(C)C)C4)nc3)ncc2Cl)CC1. The van der Waals surface area contributed by atoms with Crippen LogP contribution >= 0.6 is 11.6 Å². The van der Waals surface area contributed by atoms with Crippen molar-refractivity contribution in [1.82, 2.24) is 19.8 Å². The topological polar surface area (TPSA) is 96.9 Å². The van der Waals surface area contributed by atoms with Gasteiger partial charge in [-0.2, -0.15) is 0 Å². The van der Waals surface area contributed by atoms with Gasteiger partial charge in [0.05, 0.1) is 24.9 Å². The number of rotatable bonds is 6. The zero-order valence-corrected chi connectivity index (χ0v) is 23.3. The Labute approximate surface area is 229 Å². The predicted octanol–water partition coefficient (Wildman–Crippen LogP) is 4.81. The fourth-order valence-corrected chi connectivity index (χ4v) is 4.51. The van der Waals surface area contributed by atoms with Crippen molar-refractivity contribution in [1.29, 1.82) is 0 Å². The van der Waals surface area contributed by atoms with E-state index >= 15 is 0 Å². The minimum atomic E-state index is -0.540. The Morgan fingerprint density at radius 1 is 1.13 bits per heavy atom. The molecule has 2 aliphatic heterocycles. The maximum Gasteiger partial charge on any atom is 0.410 e. The Hall–Kier alpha value is -3.17. The molecule has 1 fully saturated rings. The molecule has 2 amide bonds. The van der Waals surface area contributed by atoms with Crippen molar-refractivity contribution in [2.75, 3.05) is 38.5 Å². The van der Waals surface area contributed by atoms with Crippen LogP contribution in [0.2, 0.25) is 5.02 Å². The van der Waals surface area contributed by atoms with Crippen LogP contribution < -0.4 is 10.1 Å². The quantitative estimate of drug-likeness (QED) is 0.560. The summed E-state index contributed by atoms with van der Waals surface area (Å²) in [5.74, 6) is 0.702. The molecule has 4 rings (SSSR count). The number of nitrogens with zero attached hydrogens (tertiary/aromatic N) is 4. The molecule has 38 heavy (non-hydrogen) atoms. The standard InChI is InChI=1S/C28H36ClN5O4/c1-28(2,3)38-27(36)34-11-5-6-20(18-34)23-8-7-19(16-30-23)14-26(35)32-25-15-24(22(29)17-31-25)37-21-9-12-33(4)13-10-21/h6-8,15-17,21H,5,9-14,18H2,1-4H3,(H,31,32,35). The van der Waals surface area contributed by atoms with E-state index in [2.05, 4.69) is 33.3 Å². The normalized spacial score (nSPS) is 17.1. The average molecular weight is 542 g/mol. The molecule has 2 aliphatic rings. The van der Waals surface area contributed by atoms with Crippen LogP contribution in [0.15, 0.2) is 36.7 Å². The monoisotopic (exact) mass is 541 g/mol. The molecule has 2 aromatic rings. The molecule has 2 aromatic heterocycles. The van der Waals surface area contributed by atoms with E-state index in [1.807, 2.05) is 32.9 Å². The molecular formula is C28H36ClN5O4. The van der Waals surface area contributed by atoms with Gasteiger partial charge in [0.15, 0.2) is 0 Å². The van der Waals surface area contributed by atoms with Crippen LogP contribution in [-0.4, -0.2) is 76.7 Å². The first-order valence-electron chi connectivity index (χ1n) is 13.0. The van der Waals surface area contributed by atoms with Crippen LogP contribution in [0.25, 0.3) is 5.57 Å². The zero-order valence-electron chi connectivity index (χ0n) is 22.5. The van der Waals surface area contributed by atoms with Crippen LogP contribution in [-0.2, 0) is 16.0 Å². The van der Waals surface area contributed by atoms with E-state index in [0.717, 1.165) is 49.2 Å². The molecule has 1 N–H and O–H groups in total. The highest BCUT2D eigenvalue weighted by Crippen LogP contribution is 2.29. The number of anilines is 1. The third kappa shape index (κ3) is 7.91. The minimum Gasteiger partial charge on any atom is -0.489 e. The molecule has 0 saturated carbocycles. The molecule has 10 heteroatoms. The number of hydrogen-bond acceptors (Lipinski definition) is 7. The van der Waals surface area contributed by atoms with Gasteiger partial charge in [-0.1, -0.05) is 23.7 Å². The van der Waals surface area contributed by atoms with Crippen LogP contribution in [0.4, 0.5) is 10.6 Å². The summed E-state index contributed by atoms with van der Waals surface area (Å²) >= 11 is 6.29. The third-order valence-corrected chi connectivity index (χ3v) is 6.65. The van der Waals surface area contributed by atoms with E-state index in [4.69, 9.17) is 21.1 Å². The molecule has 0 aliphatic carbocycles. The highest BCUT2D eigenvalue weighted by molar-refractivity contribution is 6.32. The van der Waals surface area contributed by atoms with E-state index in [-0.39, 0.29) is 24.5 Å². The summed E-state index contributed by atoms with van der Waals surface area (Å²) in [7, 11) is 2.10. The van der Waals surface area contributed by atoms with E-state index in [1.165, 1.54) is 6.20 Å². The van der Waals surface area contributed by atoms with Gasteiger partial charge in [0.2, 0.25) is 5.91 Å². The lowest BCUT2D eigenvalue weighted by Crippen LogP contribution is -2.39. The second kappa shape index (κ2) is 12.1. The van der Waals surface area contributed by atoms with E-state index in [1.54, 1.807) is 17.2 Å². The fraction of sp³-hybridized carbons (Fsp3) is 0.500. The Morgan fingerprint density at radius 3 is 2.58 bits per heavy atom. The Morgan fingerprint density at radius 2 is 1.89 bits per heavy atom. The molecule has 0 atom stereocenters. The van der Waals surface area contributed by atoms with E-state index in [0.29, 0.717) is 29.7 Å². The van der Waals surface area contributed by atoms with Gasteiger partial charge in [0.25, 0.3) is 0 Å². The summed E-state index contributed by atoms with van der Waals surface area (Å²) < 4.78 is 11.6. The predicted molar refractivity (Wildman–Crippen MR) is 147 cm³/mol. The number of ether oxygens (including phenoxy) is 2. The number of nitrogens with one attached hydrogen (secondary N) is 1. The number of halogens is 1. The Bertz CT molecular complexity index is 1170. The Balaban J connectivity index is 1.32. The molecule has 9 nitrogen and oxygen atoms in total. The second-order valence-corrected chi connectivity index (χ2v) is 11.2. The summed E-state index contributed by atoms with van der Waals surface area (Å²) in [6.07, 6.45) is 7.77. The number of hydrogen-bond donors (Lipinski definition) is 1. The lowest BCUT2D eigenvalue weighted by molar-refractivity contribution is -0.115. The van der Waals surface area contributed by atoms with Gasteiger partial charge in [-0.15, -0.1) is 0 Å². The molecule has 1 saturated heterocycles. The van der Waals surface area contributed by atoms with Crippen molar-refractivity contribution in [3.8, 4) is 5.75 Å². The first-order valence-corrected chi connectivity index (χ1v) is 13.4. The first kappa shape index (κ1) is 27.9. The third-order valence-electron chi connectivity index (χ3n) is 6.37. The summed E-state index contributed by atoms with van der Waals surface area (Å²) in [6.45, 7) is 8.56. The average Bonchev–Trinajstić information content (AvgIpc) is 2.87. The maximum absolute atomic E-state index is 12.7. The number of piperidine rings is 1.